The van der Waals surface area contributed by atoms with Crippen molar-refractivity contribution in [1.29, 1.82) is 0 Å². The molecule has 3 N–H and O–H groups in total. The van der Waals surface area contributed by atoms with Crippen LogP contribution in [0.25, 0.3) is 0 Å². The lowest BCUT2D eigenvalue weighted by Crippen LogP contribution is -2.28. The number of benzene rings is 2. The number of para-hydroxylation sites is 1. The van der Waals surface area contributed by atoms with Crippen molar-refractivity contribution in [1.82, 2.24) is 0 Å². The Kier molecular flexibility index (Phi) is 6.68. The van der Waals surface area contributed by atoms with Crippen LogP contribution in [0.2, 0.25) is 0 Å². The van der Waals surface area contributed by atoms with Gasteiger partial charge in [0.2, 0.25) is 0 Å². The minimum atomic E-state index is -0.782. The van der Waals surface area contributed by atoms with E-state index in [4.69, 9.17) is 0 Å². The van der Waals surface area contributed by atoms with Crippen molar-refractivity contribution in [3.05, 3.63) is 53.1 Å². The summed E-state index contributed by atoms with van der Waals surface area (Å²) in [4.78, 5) is 24.6. The molecular weight excluding hydrogens is 432 g/mol. The molecule has 8 nitrogen and oxygen atoms in total. The number of hydrogen-bond acceptors (Lipinski definition) is 6. The number of carbonyl (C=O) groups excluding carboxylic acids is 1. The molecule has 1 amide bonds. The number of anilines is 2. The van der Waals surface area contributed by atoms with Gasteiger partial charge in [-0.1, -0.05) is 31.0 Å². The first-order chi connectivity index (χ1) is 16.3. The number of aromatic hydroxyl groups is 1. The van der Waals surface area contributed by atoms with Gasteiger partial charge in [0.15, 0.2) is 5.71 Å². The number of rotatable bonds is 5. The predicted molar refractivity (Wildman–Crippen MR) is 133 cm³/mol. The van der Waals surface area contributed by atoms with Gasteiger partial charge in [0.05, 0.1) is 23.0 Å². The van der Waals surface area contributed by atoms with E-state index >= 15 is 0 Å². The Labute approximate surface area is 199 Å². The van der Waals surface area contributed by atoms with Crippen LogP contribution in [0.3, 0.4) is 0 Å². The van der Waals surface area contributed by atoms with Crippen LogP contribution in [0, 0.1) is 19.8 Å². The molecule has 8 heteroatoms. The van der Waals surface area contributed by atoms with Gasteiger partial charge < -0.3 is 10.2 Å². The van der Waals surface area contributed by atoms with Crippen LogP contribution in [0.15, 0.2) is 46.6 Å². The van der Waals surface area contributed by atoms with Crippen molar-refractivity contribution in [2.45, 2.75) is 58.8 Å². The van der Waals surface area contributed by atoms with Crippen LogP contribution in [0.4, 0.5) is 11.4 Å². The van der Waals surface area contributed by atoms with E-state index < -0.39 is 11.9 Å². The number of nitrogens with zero attached hydrogens (tertiary/aromatic N) is 3. The Morgan fingerprint density at radius 3 is 2.62 bits per heavy atom. The van der Waals surface area contributed by atoms with E-state index in [1.54, 1.807) is 19.1 Å². The molecule has 1 saturated carbocycles. The third kappa shape index (κ3) is 4.66. The van der Waals surface area contributed by atoms with Gasteiger partial charge in [-0.05, 0) is 80.8 Å². The quantitative estimate of drug-likeness (QED) is 0.330. The van der Waals surface area contributed by atoms with Crippen molar-refractivity contribution >= 4 is 34.7 Å². The first-order valence-electron chi connectivity index (χ1n) is 11.6. The standard InChI is InChI=1S/C26H30N4O4/c1-15-11-12-20(13-16(15)2)30-25(32)23(17(3)29-30)28-27-22-10-6-9-21(24(22)31)18-7-4-5-8-19(14-18)26(33)34/h6,9-13,18-19,27,31H,4-5,7-8,14H2,1-3H3,(H,33,34). The summed E-state index contributed by atoms with van der Waals surface area (Å²) in [5, 5.41) is 30.4. The second kappa shape index (κ2) is 9.67. The normalized spacial score (nSPS) is 22.0. The van der Waals surface area contributed by atoms with E-state index in [2.05, 4.69) is 15.6 Å². The molecule has 4 rings (SSSR count). The van der Waals surface area contributed by atoms with Crippen LogP contribution < -0.4 is 10.4 Å². The molecule has 1 aliphatic heterocycles. The number of carboxylic acids is 1. The Bertz CT molecular complexity index is 1190. The van der Waals surface area contributed by atoms with Crippen molar-refractivity contribution in [3.8, 4) is 5.75 Å². The number of carboxylic acid groups (broad SMARTS) is 1. The molecule has 0 spiro atoms. The molecule has 2 aromatic rings. The van der Waals surface area contributed by atoms with Gasteiger partial charge in [0, 0.05) is 0 Å². The number of aryl methyl sites for hydroxylation is 2. The Balaban J connectivity index is 1.55. The summed E-state index contributed by atoms with van der Waals surface area (Å²) in [5.41, 5.74) is 7.41. The molecule has 1 fully saturated rings. The van der Waals surface area contributed by atoms with E-state index in [1.807, 2.05) is 38.1 Å². The summed E-state index contributed by atoms with van der Waals surface area (Å²) in [7, 11) is 0. The minimum Gasteiger partial charge on any atom is -0.505 e. The van der Waals surface area contributed by atoms with E-state index in [-0.39, 0.29) is 23.3 Å². The molecule has 2 atom stereocenters. The fraction of sp³-hybridized carbons (Fsp3) is 0.385. The maximum absolute atomic E-state index is 13.0. The largest absolute Gasteiger partial charge is 0.505 e. The Morgan fingerprint density at radius 2 is 1.88 bits per heavy atom. The molecule has 0 radical (unpaired) electrons. The van der Waals surface area contributed by atoms with E-state index in [0.29, 0.717) is 35.5 Å². The topological polar surface area (TPSA) is 115 Å². The highest BCUT2D eigenvalue weighted by molar-refractivity contribution is 6.71. The minimum absolute atomic E-state index is 0.0361. The lowest BCUT2D eigenvalue weighted by molar-refractivity contribution is -0.142. The highest BCUT2D eigenvalue weighted by Gasteiger charge is 2.31. The first kappa shape index (κ1) is 23.5. The summed E-state index contributed by atoms with van der Waals surface area (Å²) in [5.74, 6) is -1.55. The average Bonchev–Trinajstić information content (AvgIpc) is 2.96. The smallest absolute Gasteiger partial charge is 0.306 e. The van der Waals surface area contributed by atoms with Gasteiger partial charge in [-0.2, -0.15) is 15.2 Å². The Hall–Kier alpha value is -3.68. The highest BCUT2D eigenvalue weighted by Crippen LogP contribution is 2.41. The van der Waals surface area contributed by atoms with Crippen molar-refractivity contribution in [2.75, 3.05) is 10.4 Å². The van der Waals surface area contributed by atoms with Crippen molar-refractivity contribution in [3.63, 3.8) is 0 Å². The molecule has 34 heavy (non-hydrogen) atoms. The summed E-state index contributed by atoms with van der Waals surface area (Å²) >= 11 is 0. The van der Waals surface area contributed by atoms with Crippen LogP contribution >= 0.6 is 0 Å². The maximum atomic E-state index is 13.0. The number of phenols is 1. The maximum Gasteiger partial charge on any atom is 0.306 e. The predicted octanol–water partition coefficient (Wildman–Crippen LogP) is 4.95. The van der Waals surface area contributed by atoms with Gasteiger partial charge in [0.1, 0.15) is 5.75 Å². The van der Waals surface area contributed by atoms with E-state index in [9.17, 15) is 19.8 Å². The summed E-state index contributed by atoms with van der Waals surface area (Å²) in [6.07, 6.45) is 3.78. The number of amides is 1. The third-order valence-corrected chi connectivity index (χ3v) is 6.79. The van der Waals surface area contributed by atoms with Crippen molar-refractivity contribution < 1.29 is 19.8 Å². The average molecular weight is 463 g/mol. The van der Waals surface area contributed by atoms with Gasteiger partial charge in [-0.25, -0.2) is 0 Å². The number of nitrogens with one attached hydrogen (secondary N) is 1. The second-order valence-electron chi connectivity index (χ2n) is 9.14. The molecule has 2 unspecified atom stereocenters. The van der Waals surface area contributed by atoms with E-state index in [1.165, 1.54) is 5.01 Å². The molecule has 0 saturated heterocycles. The van der Waals surface area contributed by atoms with Crippen molar-refractivity contribution in [2.24, 2.45) is 16.1 Å². The van der Waals surface area contributed by atoms with Gasteiger partial charge in [-0.3, -0.25) is 15.0 Å². The molecule has 2 aromatic carbocycles. The monoisotopic (exact) mass is 462 g/mol. The van der Waals surface area contributed by atoms with Gasteiger partial charge in [-0.15, -0.1) is 0 Å². The fourth-order valence-electron chi connectivity index (χ4n) is 4.62. The molecule has 1 aliphatic carbocycles. The zero-order valence-electron chi connectivity index (χ0n) is 19.7. The van der Waals surface area contributed by atoms with Crippen LogP contribution in [0.1, 0.15) is 61.6 Å². The number of phenolic OH excluding ortho intramolecular Hbond substituents is 1. The van der Waals surface area contributed by atoms with Crippen LogP contribution in [-0.2, 0) is 9.59 Å². The fourth-order valence-corrected chi connectivity index (χ4v) is 4.62. The van der Waals surface area contributed by atoms with Gasteiger partial charge >= 0.3 is 11.9 Å². The summed E-state index contributed by atoms with van der Waals surface area (Å²) < 4.78 is 0. The second-order valence-corrected chi connectivity index (χ2v) is 9.14. The zero-order valence-corrected chi connectivity index (χ0v) is 19.7. The SMILES string of the molecule is CC1=NN(c2ccc(C)c(C)c2)C(=O)C1=NNc1cccc(C2CCCCC(C(=O)O)C2)c1O. The molecule has 0 bridgehead atoms. The lowest BCUT2D eigenvalue weighted by atomic mass is 9.87. The number of carbonyl (C=O) groups is 2. The summed E-state index contributed by atoms with van der Waals surface area (Å²) in [6.45, 7) is 5.70. The molecule has 0 aromatic heterocycles. The molecule has 178 valence electrons. The lowest BCUT2D eigenvalue weighted by Gasteiger charge is -2.20. The van der Waals surface area contributed by atoms with E-state index in [0.717, 1.165) is 30.4 Å². The number of hydrogen-bond donors (Lipinski definition) is 3. The van der Waals surface area contributed by atoms with Crippen LogP contribution in [-0.4, -0.2) is 33.5 Å². The number of hydrazone groups is 2. The van der Waals surface area contributed by atoms with Crippen LogP contribution in [0.5, 0.6) is 5.75 Å². The first-order valence-corrected chi connectivity index (χ1v) is 11.6. The Morgan fingerprint density at radius 1 is 1.12 bits per heavy atom. The third-order valence-electron chi connectivity index (χ3n) is 6.79. The van der Waals surface area contributed by atoms with Gasteiger partial charge in [0.25, 0.3) is 0 Å². The summed E-state index contributed by atoms with van der Waals surface area (Å²) in [6, 6.07) is 11.0. The molecule has 2 aliphatic rings. The number of aliphatic carboxylic acids is 1. The molecular formula is C26H30N4O4. The zero-order chi connectivity index (χ0) is 24.4. The molecule has 1 heterocycles. The highest BCUT2D eigenvalue weighted by atomic mass is 16.4.